The molecule has 4 heteroatoms. The van der Waals surface area contributed by atoms with Crippen molar-refractivity contribution in [2.75, 3.05) is 6.61 Å². The van der Waals surface area contributed by atoms with Gasteiger partial charge in [-0.3, -0.25) is 4.79 Å². The van der Waals surface area contributed by atoms with E-state index in [-0.39, 0.29) is 18.6 Å². The monoisotopic (exact) mass is 303 g/mol. The van der Waals surface area contributed by atoms with Gasteiger partial charge in [0.1, 0.15) is 0 Å². The fourth-order valence-electron chi connectivity index (χ4n) is 2.14. The lowest BCUT2D eigenvalue weighted by molar-refractivity contribution is -0.122. The van der Waals surface area contributed by atoms with Crippen LogP contribution in [0.1, 0.15) is 23.6 Å². The molecule has 2 aromatic rings. The van der Waals surface area contributed by atoms with E-state index >= 15 is 0 Å². The molecule has 0 heterocycles. The van der Waals surface area contributed by atoms with Crippen molar-refractivity contribution in [1.29, 1.82) is 0 Å². The normalized spacial score (nSPS) is 11.9. The first kappa shape index (κ1) is 15.5. The molecule has 3 nitrogen and oxygen atoms in total. The van der Waals surface area contributed by atoms with Gasteiger partial charge in [0.2, 0.25) is 5.91 Å². The van der Waals surface area contributed by atoms with Gasteiger partial charge < -0.3 is 10.4 Å². The minimum atomic E-state index is -0.370. The van der Waals surface area contributed by atoms with Crippen molar-refractivity contribution in [3.8, 4) is 0 Å². The van der Waals surface area contributed by atoms with Crippen LogP contribution in [0.25, 0.3) is 0 Å². The number of amides is 1. The zero-order valence-electron chi connectivity index (χ0n) is 11.6. The van der Waals surface area contributed by atoms with Crippen molar-refractivity contribution in [3.63, 3.8) is 0 Å². The number of carbonyl (C=O) groups excluding carboxylic acids is 1. The van der Waals surface area contributed by atoms with E-state index in [0.717, 1.165) is 11.1 Å². The molecule has 0 aliphatic rings. The highest BCUT2D eigenvalue weighted by atomic mass is 35.5. The number of halogens is 1. The lowest BCUT2D eigenvalue weighted by atomic mass is 10.1. The molecule has 0 radical (unpaired) electrons. The van der Waals surface area contributed by atoms with Crippen molar-refractivity contribution in [2.45, 2.75) is 18.9 Å². The van der Waals surface area contributed by atoms with E-state index in [9.17, 15) is 9.90 Å². The second kappa shape index (κ2) is 7.81. The number of rotatable bonds is 6. The SMILES string of the molecule is O=C(CCc1ccccc1Cl)N[C@H](CO)c1ccccc1. The van der Waals surface area contributed by atoms with Gasteiger partial charge in [-0.05, 0) is 23.6 Å². The summed E-state index contributed by atoms with van der Waals surface area (Å²) < 4.78 is 0. The molecule has 2 rings (SSSR count). The van der Waals surface area contributed by atoms with E-state index < -0.39 is 0 Å². The second-order valence-corrected chi connectivity index (χ2v) is 5.21. The molecule has 2 N–H and O–H groups in total. The summed E-state index contributed by atoms with van der Waals surface area (Å²) in [4.78, 5) is 12.0. The molecule has 21 heavy (non-hydrogen) atoms. The summed E-state index contributed by atoms with van der Waals surface area (Å²) in [5.41, 5.74) is 1.85. The number of hydrogen-bond donors (Lipinski definition) is 2. The summed E-state index contributed by atoms with van der Waals surface area (Å²) in [7, 11) is 0. The molecule has 2 aromatic carbocycles. The second-order valence-electron chi connectivity index (χ2n) is 4.80. The van der Waals surface area contributed by atoms with Crippen LogP contribution in [0.2, 0.25) is 5.02 Å². The van der Waals surface area contributed by atoms with Gasteiger partial charge in [0, 0.05) is 11.4 Å². The molecule has 0 saturated heterocycles. The van der Waals surface area contributed by atoms with E-state index in [1.165, 1.54) is 0 Å². The van der Waals surface area contributed by atoms with Gasteiger partial charge in [-0.2, -0.15) is 0 Å². The van der Waals surface area contributed by atoms with Crippen molar-refractivity contribution >= 4 is 17.5 Å². The highest BCUT2D eigenvalue weighted by Crippen LogP contribution is 2.17. The van der Waals surface area contributed by atoms with Gasteiger partial charge in [0.05, 0.1) is 12.6 Å². The summed E-state index contributed by atoms with van der Waals surface area (Å²) in [5, 5.41) is 12.9. The lowest BCUT2D eigenvalue weighted by Gasteiger charge is -2.16. The summed E-state index contributed by atoms with van der Waals surface area (Å²) in [6, 6.07) is 16.6. The fourth-order valence-corrected chi connectivity index (χ4v) is 2.37. The Kier molecular flexibility index (Phi) is 5.78. The minimum absolute atomic E-state index is 0.0992. The summed E-state index contributed by atoms with van der Waals surface area (Å²) >= 11 is 6.06. The van der Waals surface area contributed by atoms with Crippen LogP contribution >= 0.6 is 11.6 Å². The number of aryl methyl sites for hydroxylation is 1. The first-order valence-corrected chi connectivity index (χ1v) is 7.27. The van der Waals surface area contributed by atoms with E-state index in [2.05, 4.69) is 5.32 Å². The van der Waals surface area contributed by atoms with Crippen molar-refractivity contribution in [1.82, 2.24) is 5.32 Å². The molecule has 0 spiro atoms. The van der Waals surface area contributed by atoms with Crippen LogP contribution in [0.15, 0.2) is 54.6 Å². The standard InChI is InChI=1S/C17H18ClNO2/c18-15-9-5-4-6-13(15)10-11-17(21)19-16(12-20)14-7-2-1-3-8-14/h1-9,16,20H,10-12H2,(H,19,21)/t16-/m1/s1. The molecule has 0 unspecified atom stereocenters. The van der Waals surface area contributed by atoms with Crippen LogP contribution < -0.4 is 5.32 Å². The summed E-state index contributed by atoms with van der Waals surface area (Å²) in [5.74, 6) is -0.0992. The third-order valence-corrected chi connectivity index (χ3v) is 3.67. The molecule has 0 aliphatic carbocycles. The summed E-state index contributed by atoms with van der Waals surface area (Å²) in [6.07, 6.45) is 0.922. The predicted octanol–water partition coefficient (Wildman–Crippen LogP) is 3.12. The predicted molar refractivity (Wildman–Crippen MR) is 84.2 cm³/mol. The Hall–Kier alpha value is -1.84. The summed E-state index contributed by atoms with van der Waals surface area (Å²) in [6.45, 7) is -0.123. The molecule has 0 aliphatic heterocycles. The van der Waals surface area contributed by atoms with Gasteiger partial charge in [-0.1, -0.05) is 60.1 Å². The zero-order chi connectivity index (χ0) is 15.1. The first-order valence-electron chi connectivity index (χ1n) is 6.89. The molecule has 1 atom stereocenters. The van der Waals surface area contributed by atoms with Crippen LogP contribution in [-0.2, 0) is 11.2 Å². The van der Waals surface area contributed by atoms with E-state index in [1.54, 1.807) is 0 Å². The fraction of sp³-hybridized carbons (Fsp3) is 0.235. The minimum Gasteiger partial charge on any atom is -0.394 e. The Morgan fingerprint density at radius 3 is 2.43 bits per heavy atom. The quantitative estimate of drug-likeness (QED) is 0.861. The first-order chi connectivity index (χ1) is 10.2. The van der Waals surface area contributed by atoms with E-state index in [4.69, 9.17) is 11.6 Å². The average Bonchev–Trinajstić information content (AvgIpc) is 2.52. The molecule has 0 bridgehead atoms. The molecular weight excluding hydrogens is 286 g/mol. The van der Waals surface area contributed by atoms with E-state index in [0.29, 0.717) is 17.9 Å². The molecular formula is C17H18ClNO2. The van der Waals surface area contributed by atoms with Crippen LogP contribution in [0.3, 0.4) is 0 Å². The lowest BCUT2D eigenvalue weighted by Crippen LogP contribution is -2.30. The van der Waals surface area contributed by atoms with Gasteiger partial charge in [0.25, 0.3) is 0 Å². The third kappa shape index (κ3) is 4.59. The van der Waals surface area contributed by atoms with Crippen LogP contribution in [0.4, 0.5) is 0 Å². The number of aliphatic hydroxyl groups excluding tert-OH is 1. The highest BCUT2D eigenvalue weighted by Gasteiger charge is 2.13. The Morgan fingerprint density at radius 1 is 1.10 bits per heavy atom. The Balaban J connectivity index is 1.90. The van der Waals surface area contributed by atoms with Gasteiger partial charge in [0.15, 0.2) is 0 Å². The Bertz CT molecular complexity index is 586. The van der Waals surface area contributed by atoms with Gasteiger partial charge in [-0.15, -0.1) is 0 Å². The maximum absolute atomic E-state index is 12.0. The van der Waals surface area contributed by atoms with Crippen LogP contribution in [0, 0.1) is 0 Å². The third-order valence-electron chi connectivity index (χ3n) is 3.30. The Morgan fingerprint density at radius 2 is 1.76 bits per heavy atom. The van der Waals surface area contributed by atoms with Crippen LogP contribution in [0.5, 0.6) is 0 Å². The topological polar surface area (TPSA) is 49.3 Å². The van der Waals surface area contributed by atoms with Gasteiger partial charge in [-0.25, -0.2) is 0 Å². The van der Waals surface area contributed by atoms with Crippen molar-refractivity contribution < 1.29 is 9.90 Å². The zero-order valence-corrected chi connectivity index (χ0v) is 12.4. The van der Waals surface area contributed by atoms with Crippen LogP contribution in [-0.4, -0.2) is 17.6 Å². The maximum Gasteiger partial charge on any atom is 0.220 e. The van der Waals surface area contributed by atoms with Crippen molar-refractivity contribution in [2.24, 2.45) is 0 Å². The van der Waals surface area contributed by atoms with Gasteiger partial charge >= 0.3 is 0 Å². The largest absolute Gasteiger partial charge is 0.394 e. The molecule has 0 fully saturated rings. The molecule has 110 valence electrons. The van der Waals surface area contributed by atoms with E-state index in [1.807, 2.05) is 54.6 Å². The molecule has 0 aromatic heterocycles. The number of aliphatic hydroxyl groups is 1. The Labute approximate surface area is 129 Å². The average molecular weight is 304 g/mol. The number of hydrogen-bond acceptors (Lipinski definition) is 2. The number of nitrogens with one attached hydrogen (secondary N) is 1. The number of carbonyl (C=O) groups is 1. The molecule has 1 amide bonds. The molecule has 0 saturated carbocycles. The smallest absolute Gasteiger partial charge is 0.220 e. The van der Waals surface area contributed by atoms with Crippen molar-refractivity contribution in [3.05, 3.63) is 70.7 Å². The highest BCUT2D eigenvalue weighted by molar-refractivity contribution is 6.31. The number of benzene rings is 2. The maximum atomic E-state index is 12.0.